The molecule has 0 aromatic heterocycles. The summed E-state index contributed by atoms with van der Waals surface area (Å²) < 4.78 is 30.8. The fourth-order valence-corrected chi connectivity index (χ4v) is 3.93. The number of allylic oxidation sites excluding steroid dienone is 1. The van der Waals surface area contributed by atoms with Crippen molar-refractivity contribution in [3.63, 3.8) is 0 Å². The van der Waals surface area contributed by atoms with E-state index in [0.29, 0.717) is 0 Å². The minimum Gasteiger partial charge on any atom is -0.258 e. The van der Waals surface area contributed by atoms with E-state index >= 15 is 0 Å². The molecule has 1 aromatic carbocycles. The van der Waals surface area contributed by atoms with Gasteiger partial charge in [-0.2, -0.15) is 8.42 Å². The van der Waals surface area contributed by atoms with Gasteiger partial charge in [0.25, 0.3) is 10.1 Å². The first kappa shape index (κ1) is 15.7. The predicted molar refractivity (Wildman–Crippen MR) is 83.3 cm³/mol. The van der Waals surface area contributed by atoms with Crippen LogP contribution in [0.5, 0.6) is 0 Å². The second-order valence-corrected chi connectivity index (χ2v) is 7.57. The Kier molecular flexibility index (Phi) is 5.41. The van der Waals surface area contributed by atoms with Crippen LogP contribution in [-0.4, -0.2) is 14.5 Å². The highest BCUT2D eigenvalue weighted by Gasteiger charge is 2.24. The predicted octanol–water partition coefficient (Wildman–Crippen LogP) is 4.31. The lowest BCUT2D eigenvalue weighted by Gasteiger charge is -2.19. The third-order valence-corrected chi connectivity index (χ3v) is 5.54. The molecule has 1 atom stereocenters. The summed E-state index contributed by atoms with van der Waals surface area (Å²) in [5.41, 5.74) is 1.02. The molecule has 0 unspecified atom stereocenters. The number of halogens is 1. The summed E-state index contributed by atoms with van der Waals surface area (Å²) >= 11 is 3.45. The molecule has 1 aliphatic rings. The van der Waals surface area contributed by atoms with Crippen molar-refractivity contribution < 1.29 is 12.6 Å². The molecule has 0 N–H and O–H groups in total. The van der Waals surface area contributed by atoms with E-state index in [0.717, 1.165) is 42.1 Å². The van der Waals surface area contributed by atoms with Gasteiger partial charge < -0.3 is 0 Å². The second-order valence-electron chi connectivity index (χ2n) is 5.08. The third-order valence-electron chi connectivity index (χ3n) is 3.37. The lowest BCUT2D eigenvalue weighted by molar-refractivity contribution is 0.235. The van der Waals surface area contributed by atoms with Gasteiger partial charge in [0.2, 0.25) is 0 Å². The van der Waals surface area contributed by atoms with Crippen molar-refractivity contribution in [1.82, 2.24) is 0 Å². The molecule has 1 aromatic rings. The van der Waals surface area contributed by atoms with Crippen LogP contribution in [0.1, 0.15) is 37.7 Å². The molecule has 0 heterocycles. The molecule has 0 aliphatic heterocycles. The van der Waals surface area contributed by atoms with Gasteiger partial charge in [0.1, 0.15) is 6.10 Å². The maximum atomic E-state index is 12.3. The fraction of sp³-hybridized carbons (Fsp3) is 0.467. The Balaban J connectivity index is 2.18. The van der Waals surface area contributed by atoms with E-state index in [1.807, 2.05) is 13.0 Å². The quantitative estimate of drug-likeness (QED) is 0.756. The van der Waals surface area contributed by atoms with E-state index < -0.39 is 16.2 Å². The van der Waals surface area contributed by atoms with Crippen molar-refractivity contribution in [3.05, 3.63) is 40.4 Å². The van der Waals surface area contributed by atoms with E-state index in [1.54, 1.807) is 24.3 Å². The summed E-state index contributed by atoms with van der Waals surface area (Å²) in [4.78, 5) is 0.213. The number of hydrogen-bond acceptors (Lipinski definition) is 3. The van der Waals surface area contributed by atoms with E-state index in [-0.39, 0.29) is 4.90 Å². The Hall–Kier alpha value is -0.650. The van der Waals surface area contributed by atoms with Gasteiger partial charge in [-0.05, 0) is 38.3 Å². The van der Waals surface area contributed by atoms with Crippen LogP contribution in [0.4, 0.5) is 0 Å². The highest BCUT2D eigenvalue weighted by Crippen LogP contribution is 2.27. The highest BCUT2D eigenvalue weighted by atomic mass is 79.9. The van der Waals surface area contributed by atoms with E-state index in [9.17, 15) is 8.42 Å². The largest absolute Gasteiger partial charge is 0.297 e. The SMILES string of the molecule is Cc1ccc(S(=O)(=O)O[C@H]2CCCCC/C=C/2Br)cc1. The average molecular weight is 359 g/mol. The van der Waals surface area contributed by atoms with Crippen LogP contribution in [0.15, 0.2) is 39.7 Å². The van der Waals surface area contributed by atoms with Gasteiger partial charge in [-0.15, -0.1) is 0 Å². The molecule has 0 amide bonds. The lowest BCUT2D eigenvalue weighted by Crippen LogP contribution is -2.20. The van der Waals surface area contributed by atoms with Gasteiger partial charge in [-0.1, -0.05) is 52.5 Å². The molecule has 0 spiro atoms. The first-order valence-corrected chi connectivity index (χ1v) is 9.05. The van der Waals surface area contributed by atoms with E-state index in [4.69, 9.17) is 4.18 Å². The summed E-state index contributed by atoms with van der Waals surface area (Å²) in [6, 6.07) is 6.73. The molecule has 3 nitrogen and oxygen atoms in total. The summed E-state index contributed by atoms with van der Waals surface area (Å²) in [6.45, 7) is 1.92. The van der Waals surface area contributed by atoms with Gasteiger partial charge in [0.05, 0.1) is 4.90 Å². The molecule has 0 fully saturated rings. The van der Waals surface area contributed by atoms with Crippen LogP contribution in [0, 0.1) is 6.92 Å². The Bertz CT molecular complexity index is 576. The maximum absolute atomic E-state index is 12.3. The molecule has 1 aliphatic carbocycles. The first-order chi connectivity index (χ1) is 9.49. The Morgan fingerprint density at radius 1 is 1.15 bits per heavy atom. The van der Waals surface area contributed by atoms with Crippen molar-refractivity contribution in [2.24, 2.45) is 0 Å². The van der Waals surface area contributed by atoms with Crippen LogP contribution < -0.4 is 0 Å². The summed E-state index contributed by atoms with van der Waals surface area (Å²) in [5, 5.41) is 0. The third kappa shape index (κ3) is 4.17. The molecular weight excluding hydrogens is 340 g/mol. The summed E-state index contributed by atoms with van der Waals surface area (Å²) in [5.74, 6) is 0. The van der Waals surface area contributed by atoms with Gasteiger partial charge in [0, 0.05) is 4.48 Å². The number of hydrogen-bond donors (Lipinski definition) is 0. The standard InChI is InChI=1S/C15H19BrO3S/c1-12-8-10-13(11-9-12)20(17,18)19-15-7-5-3-2-4-6-14(15)16/h6,8-11,15H,2-5,7H2,1H3/b14-6-/t15-/m0/s1. The molecule has 20 heavy (non-hydrogen) atoms. The zero-order chi connectivity index (χ0) is 14.6. The van der Waals surface area contributed by atoms with Crippen molar-refractivity contribution in [2.45, 2.75) is 50.0 Å². The second kappa shape index (κ2) is 6.87. The van der Waals surface area contributed by atoms with Crippen molar-refractivity contribution in [2.75, 3.05) is 0 Å². The highest BCUT2D eigenvalue weighted by molar-refractivity contribution is 9.11. The molecule has 2 rings (SSSR count). The minimum atomic E-state index is -3.71. The van der Waals surface area contributed by atoms with E-state index in [2.05, 4.69) is 15.9 Å². The Labute approximate surface area is 129 Å². The molecular formula is C15H19BrO3S. The molecule has 5 heteroatoms. The molecule has 0 radical (unpaired) electrons. The Morgan fingerprint density at radius 3 is 2.55 bits per heavy atom. The molecule has 0 saturated carbocycles. The van der Waals surface area contributed by atoms with Crippen molar-refractivity contribution >= 4 is 26.0 Å². The first-order valence-electron chi connectivity index (χ1n) is 6.84. The number of rotatable bonds is 3. The number of aryl methyl sites for hydroxylation is 1. The van der Waals surface area contributed by atoms with Crippen LogP contribution in [0.2, 0.25) is 0 Å². The van der Waals surface area contributed by atoms with Gasteiger partial charge in [0.15, 0.2) is 0 Å². The molecule has 0 saturated heterocycles. The average Bonchev–Trinajstić information content (AvgIpc) is 2.39. The van der Waals surface area contributed by atoms with Crippen LogP contribution >= 0.6 is 15.9 Å². The zero-order valence-electron chi connectivity index (χ0n) is 11.5. The normalized spacial score (nSPS) is 23.5. The zero-order valence-corrected chi connectivity index (χ0v) is 13.9. The summed E-state index contributed by atoms with van der Waals surface area (Å²) in [7, 11) is -3.71. The van der Waals surface area contributed by atoms with Crippen LogP contribution in [0.3, 0.4) is 0 Å². The maximum Gasteiger partial charge on any atom is 0.297 e. The topological polar surface area (TPSA) is 43.4 Å². The Morgan fingerprint density at radius 2 is 1.85 bits per heavy atom. The van der Waals surface area contributed by atoms with Gasteiger partial charge in [-0.3, -0.25) is 4.18 Å². The van der Waals surface area contributed by atoms with Gasteiger partial charge in [-0.25, -0.2) is 0 Å². The van der Waals surface area contributed by atoms with E-state index in [1.165, 1.54) is 0 Å². The lowest BCUT2D eigenvalue weighted by atomic mass is 10.0. The fourth-order valence-electron chi connectivity index (χ4n) is 2.17. The van der Waals surface area contributed by atoms with Crippen molar-refractivity contribution in [3.8, 4) is 0 Å². The molecule has 0 bridgehead atoms. The van der Waals surface area contributed by atoms with Crippen LogP contribution in [-0.2, 0) is 14.3 Å². The molecule has 110 valence electrons. The smallest absolute Gasteiger partial charge is 0.258 e. The van der Waals surface area contributed by atoms with Crippen LogP contribution in [0.25, 0.3) is 0 Å². The number of benzene rings is 1. The minimum absolute atomic E-state index is 0.213. The van der Waals surface area contributed by atoms with Gasteiger partial charge >= 0.3 is 0 Å². The van der Waals surface area contributed by atoms with Crippen molar-refractivity contribution in [1.29, 1.82) is 0 Å². The monoisotopic (exact) mass is 358 g/mol. The summed E-state index contributed by atoms with van der Waals surface area (Å²) in [6.07, 6.45) is 6.55.